The lowest BCUT2D eigenvalue weighted by Gasteiger charge is -2.11. The maximum absolute atomic E-state index is 12.0. The molecule has 1 heterocycles. The van der Waals surface area contributed by atoms with E-state index in [4.69, 9.17) is 5.11 Å². The smallest absolute Gasteiger partial charge is 0.383 e. The summed E-state index contributed by atoms with van der Waals surface area (Å²) in [5.74, 6) is 0.0658. The summed E-state index contributed by atoms with van der Waals surface area (Å²) in [5.41, 5.74) is 0. The van der Waals surface area contributed by atoms with Crippen molar-refractivity contribution in [3.63, 3.8) is 0 Å². The fraction of sp³-hybridized carbons (Fsp3) is 0.750. The molecule has 1 aromatic rings. The molecule has 0 aliphatic rings. The topological polar surface area (TPSA) is 62.4 Å². The zero-order valence-electron chi connectivity index (χ0n) is 8.82. The predicted molar refractivity (Wildman–Crippen MR) is 47.5 cm³/mol. The van der Waals surface area contributed by atoms with Gasteiger partial charge < -0.3 is 14.5 Å². The van der Waals surface area contributed by atoms with E-state index >= 15 is 0 Å². The number of nitrogens with zero attached hydrogens (tertiary/aromatic N) is 3. The molecule has 1 aromatic heterocycles. The first kappa shape index (κ1) is 12.9. The van der Waals surface area contributed by atoms with Crippen molar-refractivity contribution >= 4 is 0 Å². The standard InChI is InChI=1S/C8H12F3N3O2/c1-14(2)4-6-12-7(16-13-6)3-5(15)8(9,10)11/h5,15H,3-4H2,1-2H3. The van der Waals surface area contributed by atoms with Gasteiger partial charge in [0.1, 0.15) is 0 Å². The minimum Gasteiger partial charge on any atom is -0.383 e. The maximum Gasteiger partial charge on any atom is 0.414 e. The Morgan fingerprint density at radius 3 is 2.56 bits per heavy atom. The van der Waals surface area contributed by atoms with Gasteiger partial charge in [-0.15, -0.1) is 0 Å². The molecule has 92 valence electrons. The summed E-state index contributed by atoms with van der Waals surface area (Å²) in [4.78, 5) is 5.47. The van der Waals surface area contributed by atoms with Crippen molar-refractivity contribution in [1.82, 2.24) is 15.0 Å². The van der Waals surface area contributed by atoms with Gasteiger partial charge >= 0.3 is 6.18 Å². The van der Waals surface area contributed by atoms with Crippen molar-refractivity contribution in [1.29, 1.82) is 0 Å². The Morgan fingerprint density at radius 1 is 1.44 bits per heavy atom. The highest BCUT2D eigenvalue weighted by atomic mass is 19.4. The summed E-state index contributed by atoms with van der Waals surface area (Å²) in [6.07, 6.45) is -7.86. The summed E-state index contributed by atoms with van der Waals surface area (Å²) in [6.45, 7) is 0.367. The van der Waals surface area contributed by atoms with Crippen molar-refractivity contribution in [3.8, 4) is 0 Å². The van der Waals surface area contributed by atoms with Crippen LogP contribution in [0, 0.1) is 0 Å². The van der Waals surface area contributed by atoms with Gasteiger partial charge in [-0.3, -0.25) is 0 Å². The first-order valence-corrected chi connectivity index (χ1v) is 4.50. The average Bonchev–Trinajstić information content (AvgIpc) is 2.49. The Kier molecular flexibility index (Phi) is 3.87. The summed E-state index contributed by atoms with van der Waals surface area (Å²) in [6, 6.07) is 0. The molecule has 1 rings (SSSR count). The molecule has 0 amide bonds. The Bertz CT molecular complexity index is 338. The Labute approximate surface area is 89.9 Å². The van der Waals surface area contributed by atoms with Crippen LogP contribution in [0.1, 0.15) is 11.7 Å². The molecule has 8 heteroatoms. The molecule has 0 bridgehead atoms. The first-order valence-electron chi connectivity index (χ1n) is 4.50. The number of hydrogen-bond donors (Lipinski definition) is 1. The molecule has 0 aliphatic heterocycles. The van der Waals surface area contributed by atoms with Gasteiger partial charge in [-0.1, -0.05) is 5.16 Å². The number of aliphatic hydroxyl groups is 1. The molecule has 16 heavy (non-hydrogen) atoms. The zero-order chi connectivity index (χ0) is 12.3. The highest BCUT2D eigenvalue weighted by Gasteiger charge is 2.39. The first-order chi connectivity index (χ1) is 7.29. The number of aliphatic hydroxyl groups excluding tert-OH is 1. The van der Waals surface area contributed by atoms with Crippen LogP contribution in [0.5, 0.6) is 0 Å². The molecule has 0 spiro atoms. The lowest BCUT2D eigenvalue weighted by atomic mass is 10.2. The lowest BCUT2D eigenvalue weighted by molar-refractivity contribution is -0.204. The average molecular weight is 239 g/mol. The van der Waals surface area contributed by atoms with Gasteiger partial charge in [-0.05, 0) is 14.1 Å². The molecule has 0 radical (unpaired) electrons. The van der Waals surface area contributed by atoms with Crippen LogP contribution in [-0.2, 0) is 13.0 Å². The van der Waals surface area contributed by atoms with Gasteiger partial charge in [0.15, 0.2) is 11.9 Å². The van der Waals surface area contributed by atoms with Gasteiger partial charge in [0.2, 0.25) is 5.89 Å². The number of aromatic nitrogens is 2. The number of hydrogen-bond acceptors (Lipinski definition) is 5. The van der Waals surface area contributed by atoms with Gasteiger partial charge in [0, 0.05) is 0 Å². The molecule has 1 atom stereocenters. The van der Waals surface area contributed by atoms with Crippen LogP contribution in [0.3, 0.4) is 0 Å². The molecule has 1 unspecified atom stereocenters. The molecule has 0 fully saturated rings. The van der Waals surface area contributed by atoms with Gasteiger partial charge in [-0.2, -0.15) is 18.2 Å². The van der Waals surface area contributed by atoms with E-state index < -0.39 is 18.7 Å². The molecule has 0 saturated carbocycles. The Morgan fingerprint density at radius 2 is 2.06 bits per heavy atom. The van der Waals surface area contributed by atoms with E-state index in [1.54, 1.807) is 19.0 Å². The number of halogens is 3. The van der Waals surface area contributed by atoms with Crippen LogP contribution in [0.25, 0.3) is 0 Å². The SMILES string of the molecule is CN(C)Cc1noc(CC(O)C(F)(F)F)n1. The molecule has 0 saturated heterocycles. The zero-order valence-corrected chi connectivity index (χ0v) is 8.82. The van der Waals surface area contributed by atoms with Crippen molar-refractivity contribution in [2.75, 3.05) is 14.1 Å². The number of rotatable bonds is 4. The van der Waals surface area contributed by atoms with Crippen LogP contribution in [0.2, 0.25) is 0 Å². The molecule has 0 aromatic carbocycles. The van der Waals surface area contributed by atoms with Crippen molar-refractivity contribution in [2.24, 2.45) is 0 Å². The lowest BCUT2D eigenvalue weighted by Crippen LogP contribution is -2.30. The van der Waals surface area contributed by atoms with Crippen LogP contribution in [-0.4, -0.2) is 46.5 Å². The third-order valence-electron chi connectivity index (χ3n) is 1.71. The van der Waals surface area contributed by atoms with E-state index in [0.29, 0.717) is 6.54 Å². The molecule has 1 N–H and O–H groups in total. The fourth-order valence-electron chi connectivity index (χ4n) is 1.00. The summed E-state index contributed by atoms with van der Waals surface area (Å²) in [5, 5.41) is 12.3. The van der Waals surface area contributed by atoms with Crippen LogP contribution in [0.15, 0.2) is 4.52 Å². The van der Waals surface area contributed by atoms with Crippen LogP contribution in [0.4, 0.5) is 13.2 Å². The second kappa shape index (κ2) is 4.79. The monoisotopic (exact) mass is 239 g/mol. The second-order valence-electron chi connectivity index (χ2n) is 3.60. The largest absolute Gasteiger partial charge is 0.414 e. The summed E-state index contributed by atoms with van der Waals surface area (Å²) < 4.78 is 40.6. The highest BCUT2D eigenvalue weighted by Crippen LogP contribution is 2.22. The van der Waals surface area contributed by atoms with Gasteiger partial charge in [0.05, 0.1) is 13.0 Å². The fourth-order valence-corrected chi connectivity index (χ4v) is 1.00. The Hall–Kier alpha value is -1.15. The van der Waals surface area contributed by atoms with Crippen LogP contribution >= 0.6 is 0 Å². The molecular weight excluding hydrogens is 227 g/mol. The van der Waals surface area contributed by atoms with E-state index in [0.717, 1.165) is 0 Å². The third-order valence-corrected chi connectivity index (χ3v) is 1.71. The van der Waals surface area contributed by atoms with Crippen LogP contribution < -0.4 is 0 Å². The van der Waals surface area contributed by atoms with Crippen molar-refractivity contribution in [3.05, 3.63) is 11.7 Å². The van der Waals surface area contributed by atoms with E-state index in [-0.39, 0.29) is 11.7 Å². The normalized spacial score (nSPS) is 14.4. The van der Waals surface area contributed by atoms with Gasteiger partial charge in [0.25, 0.3) is 0 Å². The van der Waals surface area contributed by atoms with E-state index in [1.165, 1.54) is 0 Å². The minimum absolute atomic E-state index is 0.221. The maximum atomic E-state index is 12.0. The van der Waals surface area contributed by atoms with E-state index in [9.17, 15) is 13.2 Å². The second-order valence-corrected chi connectivity index (χ2v) is 3.60. The summed E-state index contributed by atoms with van der Waals surface area (Å²) >= 11 is 0. The highest BCUT2D eigenvalue weighted by molar-refractivity contribution is 4.89. The molecular formula is C8H12F3N3O2. The van der Waals surface area contributed by atoms with Crippen molar-refractivity contribution in [2.45, 2.75) is 25.2 Å². The van der Waals surface area contributed by atoms with E-state index in [1.807, 2.05) is 0 Å². The van der Waals surface area contributed by atoms with E-state index in [2.05, 4.69) is 14.7 Å². The van der Waals surface area contributed by atoms with Crippen molar-refractivity contribution < 1.29 is 22.8 Å². The predicted octanol–water partition coefficient (Wildman–Crippen LogP) is 0.597. The summed E-state index contributed by atoms with van der Waals surface area (Å²) in [7, 11) is 3.53. The Balaban J connectivity index is 2.58. The molecule has 5 nitrogen and oxygen atoms in total. The number of alkyl halides is 3. The minimum atomic E-state index is -4.67. The third kappa shape index (κ3) is 3.78. The quantitative estimate of drug-likeness (QED) is 0.833. The van der Waals surface area contributed by atoms with Gasteiger partial charge in [-0.25, -0.2) is 0 Å². The molecule has 0 aliphatic carbocycles.